The average molecular weight is 536 g/mol. The lowest BCUT2D eigenvalue weighted by Crippen LogP contribution is -2.49. The molecule has 5 rings (SSSR count). The molecule has 202 valence electrons. The molecule has 3 heterocycles. The van der Waals surface area contributed by atoms with Crippen LogP contribution in [-0.4, -0.2) is 70.4 Å². The monoisotopic (exact) mass is 535 g/mol. The van der Waals surface area contributed by atoms with Crippen LogP contribution in [0.3, 0.4) is 0 Å². The number of carbonyl (C=O) groups excluding carboxylic acids is 2. The number of alkyl halides is 2. The van der Waals surface area contributed by atoms with Crippen molar-refractivity contribution >= 4 is 29.0 Å². The van der Waals surface area contributed by atoms with E-state index in [-0.39, 0.29) is 17.6 Å². The maximum atomic E-state index is 12.7. The second-order valence-corrected chi connectivity index (χ2v) is 9.05. The predicted molar refractivity (Wildman–Crippen MR) is 141 cm³/mol. The predicted octanol–water partition coefficient (Wildman–Crippen LogP) is 3.21. The molecule has 1 fully saturated rings. The zero-order valence-electron chi connectivity index (χ0n) is 21.2. The summed E-state index contributed by atoms with van der Waals surface area (Å²) >= 11 is 0. The highest BCUT2D eigenvalue weighted by atomic mass is 19.3. The van der Waals surface area contributed by atoms with Crippen LogP contribution in [-0.2, 0) is 4.79 Å². The van der Waals surface area contributed by atoms with E-state index in [2.05, 4.69) is 30.7 Å². The van der Waals surface area contributed by atoms with E-state index < -0.39 is 6.61 Å². The van der Waals surface area contributed by atoms with E-state index in [9.17, 15) is 18.4 Å². The smallest absolute Gasteiger partial charge is 0.387 e. The highest BCUT2D eigenvalue weighted by Gasteiger charge is 2.17. The Hall–Kier alpha value is -4.58. The third-order valence-corrected chi connectivity index (χ3v) is 6.37. The van der Waals surface area contributed by atoms with Gasteiger partial charge in [-0.2, -0.15) is 8.78 Å². The van der Waals surface area contributed by atoms with Gasteiger partial charge in [-0.1, -0.05) is 0 Å². The Kier molecular flexibility index (Phi) is 7.64. The maximum absolute atomic E-state index is 12.7. The SMILES string of the molecule is Cc1cc(Nc2nccn3c(-c4ccc(OC(F)F)cc4)cnc23)ccc1C(=O)NCCN1CCNC(=O)C1. The number of ether oxygens (including phenoxy) is 1. The largest absolute Gasteiger partial charge is 0.435 e. The Morgan fingerprint density at radius 1 is 1.18 bits per heavy atom. The molecule has 0 saturated carbocycles. The van der Waals surface area contributed by atoms with Gasteiger partial charge in [-0.05, 0) is 55.0 Å². The molecule has 2 amide bonds. The van der Waals surface area contributed by atoms with E-state index in [1.807, 2.05) is 22.3 Å². The van der Waals surface area contributed by atoms with Gasteiger partial charge in [0.05, 0.1) is 18.4 Å². The van der Waals surface area contributed by atoms with Gasteiger partial charge in [0.2, 0.25) is 5.91 Å². The third kappa shape index (κ3) is 6.12. The first-order valence-electron chi connectivity index (χ1n) is 12.4. The standard InChI is InChI=1S/C27H27F2N7O3/c1-17-14-19(4-7-21(17)26(38)32-9-12-35-11-8-30-23(37)16-35)34-24-25-33-15-22(36(25)13-10-31-24)18-2-5-20(6-3-18)39-27(28)29/h2-7,10,13-15,27H,8-9,11-12,16H2,1H3,(H,30,37)(H,31,34)(H,32,38). The quantitative estimate of drug-likeness (QED) is 0.302. The van der Waals surface area contributed by atoms with Crippen LogP contribution < -0.4 is 20.7 Å². The first-order chi connectivity index (χ1) is 18.9. The maximum Gasteiger partial charge on any atom is 0.387 e. The van der Waals surface area contributed by atoms with Gasteiger partial charge in [0.15, 0.2) is 11.5 Å². The number of carbonyl (C=O) groups is 2. The third-order valence-electron chi connectivity index (χ3n) is 6.37. The molecule has 1 aliphatic heterocycles. The molecule has 4 aromatic rings. The minimum atomic E-state index is -2.88. The summed E-state index contributed by atoms with van der Waals surface area (Å²) in [6.07, 6.45) is 5.08. The first kappa shape index (κ1) is 26.0. The van der Waals surface area contributed by atoms with Crippen molar-refractivity contribution in [2.75, 3.05) is 38.0 Å². The number of hydrogen-bond acceptors (Lipinski definition) is 7. The minimum absolute atomic E-state index is 0.000349. The van der Waals surface area contributed by atoms with Crippen molar-refractivity contribution in [3.63, 3.8) is 0 Å². The number of fused-ring (bicyclic) bond motifs is 1. The number of hydrogen-bond donors (Lipinski definition) is 3. The Labute approximate surface area is 223 Å². The van der Waals surface area contributed by atoms with Gasteiger partial charge in [0.25, 0.3) is 5.91 Å². The van der Waals surface area contributed by atoms with Crippen LogP contribution in [0.2, 0.25) is 0 Å². The topological polar surface area (TPSA) is 113 Å². The minimum Gasteiger partial charge on any atom is -0.435 e. The number of nitrogens with zero attached hydrogens (tertiary/aromatic N) is 4. The zero-order valence-corrected chi connectivity index (χ0v) is 21.2. The summed E-state index contributed by atoms with van der Waals surface area (Å²) in [5.41, 5.74) is 4.19. The van der Waals surface area contributed by atoms with Crippen LogP contribution in [0, 0.1) is 6.92 Å². The number of piperazine rings is 1. The fourth-order valence-electron chi connectivity index (χ4n) is 4.47. The summed E-state index contributed by atoms with van der Waals surface area (Å²) in [7, 11) is 0. The van der Waals surface area contributed by atoms with E-state index in [4.69, 9.17) is 0 Å². The van der Waals surface area contributed by atoms with Crippen molar-refractivity contribution in [1.82, 2.24) is 29.9 Å². The molecule has 0 bridgehead atoms. The van der Waals surface area contributed by atoms with Crippen molar-refractivity contribution in [3.05, 3.63) is 72.2 Å². The lowest BCUT2D eigenvalue weighted by atomic mass is 10.1. The van der Waals surface area contributed by atoms with Crippen LogP contribution in [0.15, 0.2) is 61.1 Å². The molecule has 12 heteroatoms. The number of imidazole rings is 1. The molecule has 0 spiro atoms. The van der Waals surface area contributed by atoms with Gasteiger partial charge < -0.3 is 20.7 Å². The second-order valence-electron chi connectivity index (χ2n) is 9.05. The molecule has 39 heavy (non-hydrogen) atoms. The zero-order chi connectivity index (χ0) is 27.4. The van der Waals surface area contributed by atoms with Crippen molar-refractivity contribution in [2.24, 2.45) is 0 Å². The molecule has 1 aliphatic rings. The number of halogens is 2. The van der Waals surface area contributed by atoms with E-state index >= 15 is 0 Å². The molecule has 0 aliphatic carbocycles. The van der Waals surface area contributed by atoms with Crippen molar-refractivity contribution in [2.45, 2.75) is 13.5 Å². The van der Waals surface area contributed by atoms with Gasteiger partial charge in [0, 0.05) is 55.4 Å². The number of rotatable bonds is 9. The number of amides is 2. The molecular formula is C27H27F2N7O3. The van der Waals surface area contributed by atoms with Gasteiger partial charge >= 0.3 is 6.61 Å². The van der Waals surface area contributed by atoms with Gasteiger partial charge in [-0.25, -0.2) is 9.97 Å². The van der Waals surface area contributed by atoms with Crippen molar-refractivity contribution in [3.8, 4) is 17.0 Å². The summed E-state index contributed by atoms with van der Waals surface area (Å²) in [6, 6.07) is 11.7. The van der Waals surface area contributed by atoms with Crippen molar-refractivity contribution < 1.29 is 23.1 Å². The van der Waals surface area contributed by atoms with Crippen LogP contribution in [0.5, 0.6) is 5.75 Å². The Morgan fingerprint density at radius 2 is 2.00 bits per heavy atom. The van der Waals surface area contributed by atoms with Crippen LogP contribution in [0.4, 0.5) is 20.3 Å². The Balaban J connectivity index is 1.26. The van der Waals surface area contributed by atoms with Gasteiger partial charge in [0.1, 0.15) is 5.75 Å². The fraction of sp³-hybridized carbons (Fsp3) is 0.259. The summed E-state index contributed by atoms with van der Waals surface area (Å²) < 4.78 is 31.2. The van der Waals surface area contributed by atoms with E-state index in [0.717, 1.165) is 29.1 Å². The van der Waals surface area contributed by atoms with Crippen LogP contribution in [0.25, 0.3) is 16.9 Å². The fourth-order valence-corrected chi connectivity index (χ4v) is 4.47. The van der Waals surface area contributed by atoms with E-state index in [1.165, 1.54) is 12.1 Å². The Morgan fingerprint density at radius 3 is 2.74 bits per heavy atom. The highest BCUT2D eigenvalue weighted by Crippen LogP contribution is 2.27. The molecular weight excluding hydrogens is 508 g/mol. The number of aryl methyl sites for hydroxylation is 1. The molecule has 0 atom stereocenters. The number of benzene rings is 2. The van der Waals surface area contributed by atoms with Crippen LogP contribution in [0.1, 0.15) is 15.9 Å². The van der Waals surface area contributed by atoms with Gasteiger partial charge in [-0.3, -0.25) is 18.9 Å². The lowest BCUT2D eigenvalue weighted by Gasteiger charge is -2.26. The Bertz CT molecular complexity index is 1490. The summed E-state index contributed by atoms with van der Waals surface area (Å²) in [5, 5.41) is 8.97. The number of anilines is 2. The van der Waals surface area contributed by atoms with E-state index in [1.54, 1.807) is 42.9 Å². The molecule has 10 nitrogen and oxygen atoms in total. The normalized spacial score (nSPS) is 13.9. The first-order valence-corrected chi connectivity index (χ1v) is 12.4. The number of nitrogens with one attached hydrogen (secondary N) is 3. The van der Waals surface area contributed by atoms with Gasteiger partial charge in [-0.15, -0.1) is 0 Å². The van der Waals surface area contributed by atoms with E-state index in [0.29, 0.717) is 43.2 Å². The number of aromatic nitrogens is 3. The average Bonchev–Trinajstić information content (AvgIpc) is 3.34. The molecule has 0 radical (unpaired) electrons. The summed E-state index contributed by atoms with van der Waals surface area (Å²) in [5.74, 6) is 0.418. The summed E-state index contributed by atoms with van der Waals surface area (Å²) in [6.45, 7) is 1.76. The summed E-state index contributed by atoms with van der Waals surface area (Å²) in [4.78, 5) is 35.2. The van der Waals surface area contributed by atoms with Crippen molar-refractivity contribution in [1.29, 1.82) is 0 Å². The molecule has 0 unspecified atom stereocenters. The second kappa shape index (κ2) is 11.4. The highest BCUT2D eigenvalue weighted by molar-refractivity contribution is 5.96. The molecule has 3 N–H and O–H groups in total. The molecule has 1 saturated heterocycles. The molecule has 2 aromatic carbocycles. The van der Waals surface area contributed by atoms with Crippen LogP contribution >= 0.6 is 0 Å². The lowest BCUT2D eigenvalue weighted by molar-refractivity contribution is -0.124. The molecule has 2 aromatic heterocycles.